The summed E-state index contributed by atoms with van der Waals surface area (Å²) in [4.78, 5) is 6.87. The van der Waals surface area contributed by atoms with Crippen LogP contribution in [0.3, 0.4) is 0 Å². The van der Waals surface area contributed by atoms with Crippen LogP contribution in [0.1, 0.15) is 24.6 Å². The summed E-state index contributed by atoms with van der Waals surface area (Å²) in [7, 11) is 0. The van der Waals surface area contributed by atoms with Gasteiger partial charge in [-0.25, -0.2) is 4.98 Å². The van der Waals surface area contributed by atoms with E-state index >= 15 is 0 Å². The lowest BCUT2D eigenvalue weighted by Gasteiger charge is -2.28. The third kappa shape index (κ3) is 2.64. The van der Waals surface area contributed by atoms with Gasteiger partial charge in [-0.2, -0.15) is 0 Å². The molecule has 0 spiro atoms. The quantitative estimate of drug-likeness (QED) is 0.939. The Morgan fingerprint density at radius 2 is 2.09 bits per heavy atom. The van der Waals surface area contributed by atoms with Crippen molar-refractivity contribution >= 4 is 22.2 Å². The number of nitrogen functional groups attached to an aromatic ring is 1. The van der Waals surface area contributed by atoms with Crippen LogP contribution in [0, 0.1) is 0 Å². The first-order valence-corrected chi connectivity index (χ1v) is 8.49. The van der Waals surface area contributed by atoms with E-state index in [9.17, 15) is 0 Å². The Kier molecular flexibility index (Phi) is 3.63. The summed E-state index contributed by atoms with van der Waals surface area (Å²) >= 11 is 1.51. The highest BCUT2D eigenvalue weighted by Crippen LogP contribution is 2.37. The van der Waals surface area contributed by atoms with Crippen LogP contribution in [-0.2, 0) is 4.74 Å². The number of nitrogens with two attached hydrogens (primary N) is 1. The van der Waals surface area contributed by atoms with Crippen LogP contribution in [0.5, 0.6) is 5.75 Å². The molecule has 1 aromatic carbocycles. The molecule has 2 fully saturated rings. The number of ether oxygens (including phenoxy) is 2. The number of hydrogen-bond donors (Lipinski definition) is 1. The average molecular weight is 317 g/mol. The van der Waals surface area contributed by atoms with Gasteiger partial charge in [0.2, 0.25) is 0 Å². The Labute approximate surface area is 133 Å². The summed E-state index contributed by atoms with van der Waals surface area (Å²) in [6, 6.07) is 8.67. The molecule has 22 heavy (non-hydrogen) atoms. The number of aromatic nitrogens is 1. The highest BCUT2D eigenvalue weighted by Gasteiger charge is 2.28. The highest BCUT2D eigenvalue weighted by molar-refractivity contribution is 7.13. The van der Waals surface area contributed by atoms with Crippen LogP contribution in [0.2, 0.25) is 0 Å². The zero-order chi connectivity index (χ0) is 14.9. The van der Waals surface area contributed by atoms with E-state index in [-0.39, 0.29) is 6.10 Å². The third-order valence-corrected chi connectivity index (χ3v) is 4.90. The molecular weight excluding hydrogens is 298 g/mol. The van der Waals surface area contributed by atoms with E-state index in [0.717, 1.165) is 24.4 Å². The first kappa shape index (κ1) is 13.8. The second-order valence-electron chi connectivity index (χ2n) is 5.73. The monoisotopic (exact) mass is 317 g/mol. The molecule has 116 valence electrons. The van der Waals surface area contributed by atoms with Gasteiger partial charge in [-0.3, -0.25) is 0 Å². The summed E-state index contributed by atoms with van der Waals surface area (Å²) in [5, 5.41) is 2.72. The summed E-state index contributed by atoms with van der Waals surface area (Å²) in [6.45, 7) is 2.45. The minimum absolute atomic E-state index is 0.211. The summed E-state index contributed by atoms with van der Waals surface area (Å²) < 4.78 is 10.9. The molecule has 2 saturated heterocycles. The standard InChI is InChI=1S/C16H19N3O2S/c17-16-18-14(10-22-16)15-2-1-7-19(15)11-3-5-12(6-4-11)21-13-8-20-9-13/h3-6,10,13,15H,1-2,7-9H2,(H2,17,18)/t15-/m1/s1. The molecular formula is C16H19N3O2S. The maximum absolute atomic E-state index is 5.81. The Bertz CT molecular complexity index is 639. The van der Waals surface area contributed by atoms with Crippen molar-refractivity contribution in [2.24, 2.45) is 0 Å². The van der Waals surface area contributed by atoms with Crippen LogP contribution in [0.25, 0.3) is 0 Å². The number of thiazole rings is 1. The molecule has 4 rings (SSSR count). The van der Waals surface area contributed by atoms with Crippen molar-refractivity contribution in [1.29, 1.82) is 0 Å². The predicted molar refractivity (Wildman–Crippen MR) is 87.5 cm³/mol. The first-order valence-electron chi connectivity index (χ1n) is 7.61. The van der Waals surface area contributed by atoms with Gasteiger partial charge >= 0.3 is 0 Å². The molecule has 0 saturated carbocycles. The van der Waals surface area contributed by atoms with Crippen molar-refractivity contribution in [3.8, 4) is 5.75 Å². The van der Waals surface area contributed by atoms with Gasteiger partial charge in [0.1, 0.15) is 11.9 Å². The molecule has 3 heterocycles. The molecule has 0 aliphatic carbocycles. The Morgan fingerprint density at radius 3 is 2.73 bits per heavy atom. The van der Waals surface area contributed by atoms with Crippen LogP contribution in [0.4, 0.5) is 10.8 Å². The second-order valence-corrected chi connectivity index (χ2v) is 6.62. The van der Waals surface area contributed by atoms with Gasteiger partial charge in [0.15, 0.2) is 5.13 Å². The minimum Gasteiger partial charge on any atom is -0.486 e. The average Bonchev–Trinajstić information content (AvgIpc) is 3.12. The lowest BCUT2D eigenvalue weighted by atomic mass is 10.1. The second kappa shape index (κ2) is 5.78. The fraction of sp³-hybridized carbons (Fsp3) is 0.438. The number of benzene rings is 1. The molecule has 2 aromatic rings. The predicted octanol–water partition coefficient (Wildman–Crippen LogP) is 2.84. The van der Waals surface area contributed by atoms with Gasteiger partial charge in [-0.1, -0.05) is 0 Å². The van der Waals surface area contributed by atoms with Crippen molar-refractivity contribution in [2.45, 2.75) is 25.0 Å². The molecule has 0 radical (unpaired) electrons. The van der Waals surface area contributed by atoms with Crippen molar-refractivity contribution in [2.75, 3.05) is 30.4 Å². The fourth-order valence-electron chi connectivity index (χ4n) is 3.03. The van der Waals surface area contributed by atoms with E-state index in [1.165, 1.54) is 23.4 Å². The Balaban J connectivity index is 1.50. The lowest BCUT2D eigenvalue weighted by molar-refractivity contribution is -0.0796. The van der Waals surface area contributed by atoms with Crippen molar-refractivity contribution in [3.05, 3.63) is 35.3 Å². The van der Waals surface area contributed by atoms with E-state index in [2.05, 4.69) is 27.4 Å². The third-order valence-electron chi connectivity index (χ3n) is 4.21. The van der Waals surface area contributed by atoms with Crippen LogP contribution < -0.4 is 15.4 Å². The lowest BCUT2D eigenvalue weighted by Crippen LogP contribution is -2.38. The summed E-state index contributed by atoms with van der Waals surface area (Å²) in [5.74, 6) is 0.908. The molecule has 1 atom stereocenters. The minimum atomic E-state index is 0.211. The van der Waals surface area contributed by atoms with E-state index in [4.69, 9.17) is 15.2 Å². The van der Waals surface area contributed by atoms with Gasteiger partial charge in [0, 0.05) is 17.6 Å². The van der Waals surface area contributed by atoms with Crippen LogP contribution >= 0.6 is 11.3 Å². The largest absolute Gasteiger partial charge is 0.486 e. The molecule has 0 amide bonds. The number of nitrogens with zero attached hydrogens (tertiary/aromatic N) is 2. The summed E-state index contributed by atoms with van der Waals surface area (Å²) in [5.41, 5.74) is 8.08. The van der Waals surface area contributed by atoms with Gasteiger partial charge in [0.05, 0.1) is 24.9 Å². The van der Waals surface area contributed by atoms with Gasteiger partial charge in [-0.05, 0) is 37.1 Å². The highest BCUT2D eigenvalue weighted by atomic mass is 32.1. The van der Waals surface area contributed by atoms with Gasteiger partial charge < -0.3 is 20.1 Å². The molecule has 2 aliphatic heterocycles. The number of rotatable bonds is 4. The first-order chi connectivity index (χ1) is 10.8. The smallest absolute Gasteiger partial charge is 0.180 e. The van der Waals surface area contributed by atoms with E-state index in [0.29, 0.717) is 24.4 Å². The van der Waals surface area contributed by atoms with E-state index in [1.54, 1.807) is 0 Å². The fourth-order valence-corrected chi connectivity index (χ4v) is 3.64. The molecule has 5 nitrogen and oxygen atoms in total. The maximum atomic E-state index is 5.81. The topological polar surface area (TPSA) is 60.6 Å². The summed E-state index contributed by atoms with van der Waals surface area (Å²) in [6.07, 6.45) is 2.52. The normalized spacial score (nSPS) is 21.8. The molecule has 6 heteroatoms. The maximum Gasteiger partial charge on any atom is 0.180 e. The van der Waals surface area contributed by atoms with Crippen molar-refractivity contribution < 1.29 is 9.47 Å². The van der Waals surface area contributed by atoms with E-state index < -0.39 is 0 Å². The Hall–Kier alpha value is -1.79. The molecule has 2 N–H and O–H groups in total. The molecule has 2 aliphatic rings. The van der Waals surface area contributed by atoms with E-state index in [1.807, 2.05) is 12.1 Å². The van der Waals surface area contributed by atoms with Crippen LogP contribution in [0.15, 0.2) is 29.6 Å². The Morgan fingerprint density at radius 1 is 1.27 bits per heavy atom. The van der Waals surface area contributed by atoms with Gasteiger partial charge in [-0.15, -0.1) is 11.3 Å². The SMILES string of the molecule is Nc1nc([C@H]2CCCN2c2ccc(OC3COC3)cc2)cs1. The number of anilines is 2. The molecule has 0 unspecified atom stereocenters. The van der Waals surface area contributed by atoms with Crippen LogP contribution in [-0.4, -0.2) is 30.8 Å². The zero-order valence-electron chi connectivity index (χ0n) is 12.3. The molecule has 1 aromatic heterocycles. The molecule has 0 bridgehead atoms. The van der Waals surface area contributed by atoms with Crippen molar-refractivity contribution in [3.63, 3.8) is 0 Å². The van der Waals surface area contributed by atoms with Gasteiger partial charge in [0.25, 0.3) is 0 Å². The number of hydrogen-bond acceptors (Lipinski definition) is 6. The van der Waals surface area contributed by atoms with Crippen molar-refractivity contribution in [1.82, 2.24) is 4.98 Å². The zero-order valence-corrected chi connectivity index (χ0v) is 13.1.